The third-order valence-corrected chi connectivity index (χ3v) is 5.88. The molecule has 3 atom stereocenters. The summed E-state index contributed by atoms with van der Waals surface area (Å²) in [7, 11) is 1.90. The van der Waals surface area contributed by atoms with Gasteiger partial charge >= 0.3 is 5.97 Å². The van der Waals surface area contributed by atoms with E-state index in [0.717, 1.165) is 22.1 Å². The number of nitrogens with one attached hydrogen (secondary N) is 2. The van der Waals surface area contributed by atoms with Crippen LogP contribution in [0.2, 0.25) is 0 Å². The topological polar surface area (TPSA) is 87.7 Å². The Labute approximate surface area is 179 Å². The fraction of sp³-hybridized carbons (Fsp3) is 0.476. The summed E-state index contributed by atoms with van der Waals surface area (Å²) in [6.07, 6.45) is 4.73. The number of esters is 1. The molecule has 1 unspecified atom stereocenters. The molecule has 0 saturated carbocycles. The summed E-state index contributed by atoms with van der Waals surface area (Å²) >= 11 is 3.47. The number of hydrogen-bond donors (Lipinski definition) is 2. The minimum Gasteiger partial charge on any atom is -0.463 e. The maximum Gasteiger partial charge on any atom is 0.330 e. The number of rotatable bonds is 7. The molecule has 0 aliphatic carbocycles. The number of benzene rings is 1. The van der Waals surface area contributed by atoms with Gasteiger partial charge in [-0.3, -0.25) is 9.59 Å². The van der Waals surface area contributed by atoms with E-state index in [1.54, 1.807) is 13.0 Å². The van der Waals surface area contributed by atoms with Crippen LogP contribution in [0.3, 0.4) is 0 Å². The number of halogens is 1. The molecule has 0 radical (unpaired) electrons. The van der Waals surface area contributed by atoms with Crippen LogP contribution in [0.15, 0.2) is 34.8 Å². The second-order valence-corrected chi connectivity index (χ2v) is 8.26. The van der Waals surface area contributed by atoms with Crippen molar-refractivity contribution in [1.82, 2.24) is 10.6 Å². The molecule has 1 fully saturated rings. The predicted molar refractivity (Wildman–Crippen MR) is 113 cm³/mol. The number of carbonyl (C=O) groups is 3. The van der Waals surface area contributed by atoms with Gasteiger partial charge in [-0.05, 0) is 43.5 Å². The van der Waals surface area contributed by atoms with Gasteiger partial charge in [0.2, 0.25) is 11.8 Å². The molecule has 1 aromatic rings. The van der Waals surface area contributed by atoms with E-state index in [1.165, 1.54) is 6.08 Å². The monoisotopic (exact) mass is 463 g/mol. The Kier molecular flexibility index (Phi) is 6.95. The summed E-state index contributed by atoms with van der Waals surface area (Å²) in [4.78, 5) is 38.7. The highest BCUT2D eigenvalue weighted by atomic mass is 79.9. The molecule has 3 rings (SSSR count). The zero-order valence-corrected chi connectivity index (χ0v) is 18.2. The molecule has 2 amide bonds. The first-order valence-corrected chi connectivity index (χ1v) is 10.6. The van der Waals surface area contributed by atoms with Crippen LogP contribution in [-0.2, 0) is 25.5 Å². The lowest BCUT2D eigenvalue weighted by Crippen LogP contribution is -2.47. The molecule has 2 aliphatic rings. The van der Waals surface area contributed by atoms with Crippen LogP contribution in [0.5, 0.6) is 0 Å². The molecule has 7 nitrogen and oxygen atoms in total. The summed E-state index contributed by atoms with van der Waals surface area (Å²) in [5, 5.41) is 5.83. The van der Waals surface area contributed by atoms with E-state index >= 15 is 0 Å². The first kappa shape index (κ1) is 21.4. The Bertz CT molecular complexity index is 826. The normalized spacial score (nSPS) is 21.8. The Morgan fingerprint density at radius 3 is 2.93 bits per heavy atom. The van der Waals surface area contributed by atoms with E-state index in [2.05, 4.69) is 26.6 Å². The number of anilines is 1. The van der Waals surface area contributed by atoms with Crippen molar-refractivity contribution in [2.45, 2.75) is 38.3 Å². The van der Waals surface area contributed by atoms with Crippen molar-refractivity contribution in [3.8, 4) is 0 Å². The van der Waals surface area contributed by atoms with Crippen LogP contribution in [0.4, 0.5) is 5.69 Å². The summed E-state index contributed by atoms with van der Waals surface area (Å²) in [6, 6.07) is 5.22. The summed E-state index contributed by atoms with van der Waals surface area (Å²) < 4.78 is 5.91. The third kappa shape index (κ3) is 5.18. The molecule has 2 N–H and O–H groups in total. The van der Waals surface area contributed by atoms with Gasteiger partial charge in [-0.15, -0.1) is 0 Å². The quantitative estimate of drug-likeness (QED) is 0.476. The van der Waals surface area contributed by atoms with E-state index in [0.29, 0.717) is 19.4 Å². The van der Waals surface area contributed by atoms with Crippen LogP contribution < -0.4 is 15.5 Å². The Balaban J connectivity index is 1.70. The van der Waals surface area contributed by atoms with Crippen LogP contribution in [0.25, 0.3) is 0 Å². The standard InChI is InChI=1S/C21H26BrN3O4/c1-3-29-19(26)7-5-16(11-13-8-9-23-20(13)27)24-21(28)18-12-14-10-15(22)4-6-17(14)25(18)2/h4-7,10,13,16,18H,3,8-9,11-12H2,1-2H3,(H,23,27)(H,24,28)/b7-5+/t13-,16+,18?/m0/s1. The molecule has 1 saturated heterocycles. The van der Waals surface area contributed by atoms with Gasteiger partial charge < -0.3 is 20.3 Å². The van der Waals surface area contributed by atoms with Gasteiger partial charge in [0.15, 0.2) is 0 Å². The van der Waals surface area contributed by atoms with E-state index in [4.69, 9.17) is 4.74 Å². The third-order valence-electron chi connectivity index (χ3n) is 5.39. The number of likely N-dealkylation sites (N-methyl/N-ethyl adjacent to an activating group) is 1. The predicted octanol–water partition coefficient (Wildman–Crippen LogP) is 1.94. The van der Waals surface area contributed by atoms with Gasteiger partial charge in [-0.1, -0.05) is 22.0 Å². The number of fused-ring (bicyclic) bond motifs is 1. The maximum absolute atomic E-state index is 13.0. The van der Waals surface area contributed by atoms with Crippen LogP contribution in [0.1, 0.15) is 25.3 Å². The molecule has 2 aliphatic heterocycles. The lowest BCUT2D eigenvalue weighted by atomic mass is 9.97. The fourth-order valence-electron chi connectivity index (χ4n) is 3.87. The molecule has 0 aromatic heterocycles. The van der Waals surface area contributed by atoms with Gasteiger partial charge in [-0.25, -0.2) is 4.79 Å². The van der Waals surface area contributed by atoms with Crippen molar-refractivity contribution in [3.05, 3.63) is 40.4 Å². The molecule has 0 spiro atoms. The molecule has 29 heavy (non-hydrogen) atoms. The van der Waals surface area contributed by atoms with Gasteiger partial charge in [0.05, 0.1) is 6.61 Å². The molecular formula is C21H26BrN3O4. The lowest BCUT2D eigenvalue weighted by molar-refractivity contribution is -0.137. The van der Waals surface area contributed by atoms with E-state index < -0.39 is 12.0 Å². The van der Waals surface area contributed by atoms with E-state index in [9.17, 15) is 14.4 Å². The van der Waals surface area contributed by atoms with Gasteiger partial charge in [0, 0.05) is 48.2 Å². The van der Waals surface area contributed by atoms with Crippen LogP contribution in [-0.4, -0.2) is 50.1 Å². The lowest BCUT2D eigenvalue weighted by Gasteiger charge is -2.25. The number of carbonyl (C=O) groups excluding carboxylic acids is 3. The molecule has 1 aromatic carbocycles. The van der Waals surface area contributed by atoms with E-state index in [-0.39, 0.29) is 30.4 Å². The van der Waals surface area contributed by atoms with Crippen molar-refractivity contribution in [1.29, 1.82) is 0 Å². The smallest absolute Gasteiger partial charge is 0.330 e. The number of ether oxygens (including phenoxy) is 1. The Morgan fingerprint density at radius 2 is 2.24 bits per heavy atom. The van der Waals surface area contributed by atoms with Crippen molar-refractivity contribution in [2.24, 2.45) is 5.92 Å². The van der Waals surface area contributed by atoms with Crippen molar-refractivity contribution < 1.29 is 19.1 Å². The van der Waals surface area contributed by atoms with Crippen LogP contribution >= 0.6 is 15.9 Å². The molecule has 8 heteroatoms. The second-order valence-electron chi connectivity index (χ2n) is 7.34. The van der Waals surface area contributed by atoms with Crippen molar-refractivity contribution in [3.63, 3.8) is 0 Å². The number of hydrogen-bond acceptors (Lipinski definition) is 5. The summed E-state index contributed by atoms with van der Waals surface area (Å²) in [5.74, 6) is -0.778. The average Bonchev–Trinajstić information content (AvgIpc) is 3.22. The minimum atomic E-state index is -0.460. The zero-order valence-electron chi connectivity index (χ0n) is 16.6. The molecule has 0 bridgehead atoms. The molecule has 2 heterocycles. The number of nitrogens with zero attached hydrogens (tertiary/aromatic N) is 1. The van der Waals surface area contributed by atoms with Crippen molar-refractivity contribution in [2.75, 3.05) is 25.1 Å². The maximum atomic E-state index is 13.0. The van der Waals surface area contributed by atoms with Gasteiger partial charge in [-0.2, -0.15) is 0 Å². The SMILES string of the molecule is CCOC(=O)/C=C/[C@H](C[C@@H]1CCNC1=O)NC(=O)C1Cc2cc(Br)ccc2N1C. The van der Waals surface area contributed by atoms with Crippen molar-refractivity contribution >= 4 is 39.4 Å². The molecule has 156 valence electrons. The highest BCUT2D eigenvalue weighted by Crippen LogP contribution is 2.33. The largest absolute Gasteiger partial charge is 0.463 e. The van der Waals surface area contributed by atoms with Gasteiger partial charge in [0.25, 0.3) is 0 Å². The number of amides is 2. The average molecular weight is 464 g/mol. The van der Waals surface area contributed by atoms with Gasteiger partial charge in [0.1, 0.15) is 6.04 Å². The fourth-order valence-corrected chi connectivity index (χ4v) is 4.28. The Morgan fingerprint density at radius 1 is 1.45 bits per heavy atom. The Hall–Kier alpha value is -2.35. The van der Waals surface area contributed by atoms with E-state index in [1.807, 2.05) is 30.1 Å². The molecular weight excluding hydrogens is 438 g/mol. The highest BCUT2D eigenvalue weighted by molar-refractivity contribution is 9.10. The highest BCUT2D eigenvalue weighted by Gasteiger charge is 2.34. The second kappa shape index (κ2) is 9.43. The zero-order chi connectivity index (χ0) is 21.0. The van der Waals surface area contributed by atoms with Crippen LogP contribution in [0, 0.1) is 5.92 Å². The minimum absolute atomic E-state index is 0.0102. The first-order chi connectivity index (χ1) is 13.9. The summed E-state index contributed by atoms with van der Waals surface area (Å²) in [6.45, 7) is 2.66. The summed E-state index contributed by atoms with van der Waals surface area (Å²) in [5.41, 5.74) is 2.14. The first-order valence-electron chi connectivity index (χ1n) is 9.83.